The molecule has 0 aliphatic carbocycles. The Kier molecular flexibility index (Phi) is 15.2. The summed E-state index contributed by atoms with van der Waals surface area (Å²) in [5.74, 6) is 1.20. The van der Waals surface area contributed by atoms with E-state index in [0.717, 1.165) is 25.1 Å². The number of rotatable bonds is 19. The first-order valence-electron chi connectivity index (χ1n) is 11.2. The first-order valence-corrected chi connectivity index (χ1v) is 11.2. The minimum Gasteiger partial charge on any atom is -0.395 e. The molecule has 1 heterocycles. The maximum atomic E-state index is 9.58. The van der Waals surface area contributed by atoms with Crippen molar-refractivity contribution in [3.05, 3.63) is 11.1 Å². The summed E-state index contributed by atoms with van der Waals surface area (Å²) in [5, 5.41) is 15.6. The number of anilines is 3. The fraction of sp³-hybridized carbons (Fsp3) is 0.727. The normalized spacial score (nSPS) is 10.8. The summed E-state index contributed by atoms with van der Waals surface area (Å²) in [6, 6.07) is 2.23. The lowest BCUT2D eigenvalue weighted by Gasteiger charge is -2.25. The van der Waals surface area contributed by atoms with Gasteiger partial charge in [-0.05, 0) is 39.4 Å². The summed E-state index contributed by atoms with van der Waals surface area (Å²) in [4.78, 5) is 6.56. The van der Waals surface area contributed by atoms with Gasteiger partial charge in [-0.1, -0.05) is 0 Å². The molecule has 0 fully saturated rings. The number of nitrogen functional groups attached to an aromatic ring is 1. The van der Waals surface area contributed by atoms with Crippen molar-refractivity contribution in [2.45, 2.75) is 20.3 Å². The average molecular weight is 453 g/mol. The molecule has 0 bridgehead atoms. The number of hydrogen-bond acceptors (Lipinski definition) is 10. The van der Waals surface area contributed by atoms with Crippen molar-refractivity contribution in [3.63, 3.8) is 0 Å². The second kappa shape index (κ2) is 17.4. The van der Waals surface area contributed by atoms with E-state index in [1.165, 1.54) is 0 Å². The van der Waals surface area contributed by atoms with Gasteiger partial charge in [0, 0.05) is 26.7 Å². The van der Waals surface area contributed by atoms with Gasteiger partial charge in [-0.3, -0.25) is 0 Å². The van der Waals surface area contributed by atoms with Crippen LogP contribution in [-0.4, -0.2) is 91.6 Å². The van der Waals surface area contributed by atoms with Gasteiger partial charge < -0.3 is 40.2 Å². The molecule has 4 N–H and O–H groups in total. The topological polar surface area (TPSA) is 127 Å². The maximum Gasteiger partial charge on any atom is 0.151 e. The molecule has 0 saturated carbocycles. The highest BCUT2D eigenvalue weighted by atomic mass is 16.6. The molecule has 182 valence electrons. The van der Waals surface area contributed by atoms with E-state index in [0.29, 0.717) is 82.2 Å². The highest BCUT2D eigenvalue weighted by Gasteiger charge is 2.18. The van der Waals surface area contributed by atoms with E-state index in [-0.39, 0.29) is 0 Å². The van der Waals surface area contributed by atoms with Crippen molar-refractivity contribution in [2.75, 3.05) is 103 Å². The van der Waals surface area contributed by atoms with Gasteiger partial charge in [0.25, 0.3) is 0 Å². The molecule has 0 aliphatic rings. The van der Waals surface area contributed by atoms with Crippen molar-refractivity contribution in [1.29, 1.82) is 5.26 Å². The zero-order chi connectivity index (χ0) is 23.6. The summed E-state index contributed by atoms with van der Waals surface area (Å²) >= 11 is 0. The predicted octanol–water partition coefficient (Wildman–Crippen LogP) is 1.39. The molecule has 32 heavy (non-hydrogen) atoms. The van der Waals surface area contributed by atoms with E-state index in [9.17, 15) is 5.26 Å². The van der Waals surface area contributed by atoms with Crippen LogP contribution in [0.2, 0.25) is 0 Å². The molecule has 0 atom stereocenters. The molecule has 0 aromatic carbocycles. The summed E-state index contributed by atoms with van der Waals surface area (Å²) in [7, 11) is 3.69. The van der Waals surface area contributed by atoms with Crippen LogP contribution < -0.4 is 21.3 Å². The number of nitrogens with one attached hydrogen (secondary N) is 2. The first kappa shape index (κ1) is 27.9. The van der Waals surface area contributed by atoms with Gasteiger partial charge >= 0.3 is 0 Å². The van der Waals surface area contributed by atoms with Crippen LogP contribution in [0.25, 0.3) is 0 Å². The smallest absolute Gasteiger partial charge is 0.151 e. The van der Waals surface area contributed by atoms with Crippen molar-refractivity contribution in [2.24, 2.45) is 0 Å². The van der Waals surface area contributed by atoms with Crippen molar-refractivity contribution in [1.82, 2.24) is 10.3 Å². The molecule has 10 heteroatoms. The van der Waals surface area contributed by atoms with E-state index >= 15 is 0 Å². The summed E-state index contributed by atoms with van der Waals surface area (Å²) < 4.78 is 22.1. The van der Waals surface area contributed by atoms with Gasteiger partial charge in [0.05, 0.1) is 57.5 Å². The fourth-order valence-corrected chi connectivity index (χ4v) is 2.96. The summed E-state index contributed by atoms with van der Waals surface area (Å²) in [6.45, 7) is 10.6. The molecule has 0 saturated heterocycles. The zero-order valence-electron chi connectivity index (χ0n) is 20.0. The van der Waals surface area contributed by atoms with Gasteiger partial charge in [-0.2, -0.15) is 5.26 Å². The largest absolute Gasteiger partial charge is 0.395 e. The Bertz CT molecular complexity index is 683. The van der Waals surface area contributed by atoms with Gasteiger partial charge in [0.1, 0.15) is 11.9 Å². The highest BCUT2D eigenvalue weighted by Crippen LogP contribution is 2.30. The molecule has 0 spiro atoms. The second-order valence-corrected chi connectivity index (χ2v) is 7.05. The zero-order valence-corrected chi connectivity index (χ0v) is 20.0. The lowest BCUT2D eigenvalue weighted by atomic mass is 10.1. The monoisotopic (exact) mass is 452 g/mol. The molecule has 1 rings (SSSR count). The van der Waals surface area contributed by atoms with Gasteiger partial charge in [0.2, 0.25) is 0 Å². The van der Waals surface area contributed by atoms with Gasteiger partial charge in [-0.15, -0.1) is 0 Å². The molecule has 10 nitrogen and oxygen atoms in total. The van der Waals surface area contributed by atoms with Gasteiger partial charge in [0.15, 0.2) is 5.82 Å². The van der Waals surface area contributed by atoms with Crippen molar-refractivity contribution < 1.29 is 18.9 Å². The Morgan fingerprint density at radius 1 is 0.969 bits per heavy atom. The van der Waals surface area contributed by atoms with E-state index in [4.69, 9.17) is 24.7 Å². The van der Waals surface area contributed by atoms with Crippen LogP contribution in [0.5, 0.6) is 0 Å². The number of pyridine rings is 1. The minimum atomic E-state index is 0.493. The van der Waals surface area contributed by atoms with Crippen LogP contribution in [0.4, 0.5) is 17.3 Å². The molecule has 0 aliphatic heterocycles. The Balaban J connectivity index is 2.20. The third-order valence-corrected chi connectivity index (χ3v) is 4.84. The molecular formula is C22H40N6O4. The van der Waals surface area contributed by atoms with Gasteiger partial charge in [-0.25, -0.2) is 4.98 Å². The van der Waals surface area contributed by atoms with Crippen molar-refractivity contribution >= 4 is 17.3 Å². The summed E-state index contributed by atoms with van der Waals surface area (Å²) in [5.41, 5.74) is 7.79. The Morgan fingerprint density at radius 2 is 1.53 bits per heavy atom. The first-order chi connectivity index (χ1) is 15.6. The standard InChI is InChI=1S/C22H40N6O4/c1-5-28(22-19(17-23)18(2)20(24)21(26-4)27-22)8-10-30-12-14-32-16-15-31-13-11-29-9-6-7-25-3/h25H,5-16,24H2,1-4H3,(H,26,27). The van der Waals surface area contributed by atoms with E-state index in [2.05, 4.69) is 21.7 Å². The summed E-state index contributed by atoms with van der Waals surface area (Å²) in [6.07, 6.45) is 1.00. The third-order valence-electron chi connectivity index (χ3n) is 4.84. The third kappa shape index (κ3) is 9.97. The fourth-order valence-electron chi connectivity index (χ4n) is 2.96. The van der Waals surface area contributed by atoms with Crippen LogP contribution in [0.1, 0.15) is 24.5 Å². The molecule has 0 unspecified atom stereocenters. The maximum absolute atomic E-state index is 9.58. The lowest BCUT2D eigenvalue weighted by Crippen LogP contribution is -2.30. The quantitative estimate of drug-likeness (QED) is 0.265. The van der Waals surface area contributed by atoms with Crippen LogP contribution in [-0.2, 0) is 18.9 Å². The Hall–Kier alpha value is -2.16. The Labute approximate surface area is 192 Å². The number of nitrogens with zero attached hydrogens (tertiary/aromatic N) is 3. The SMILES string of the molecule is CCN(CCOCCOCCOCCOCCCNC)c1nc(NC)c(N)c(C)c1C#N. The number of nitrogens with two attached hydrogens (primary N) is 1. The number of nitriles is 1. The molecule has 0 radical (unpaired) electrons. The predicted molar refractivity (Wildman–Crippen MR) is 127 cm³/mol. The molecule has 1 aromatic heterocycles. The van der Waals surface area contributed by atoms with E-state index in [1.807, 2.05) is 25.8 Å². The van der Waals surface area contributed by atoms with Crippen LogP contribution in [0.15, 0.2) is 0 Å². The molecule has 0 amide bonds. The highest BCUT2D eigenvalue weighted by molar-refractivity contribution is 5.75. The van der Waals surface area contributed by atoms with Crippen LogP contribution in [0, 0.1) is 18.3 Å². The number of aromatic nitrogens is 1. The number of hydrogen-bond donors (Lipinski definition) is 3. The van der Waals surface area contributed by atoms with E-state index < -0.39 is 0 Å². The number of ether oxygens (including phenoxy) is 4. The lowest BCUT2D eigenvalue weighted by molar-refractivity contribution is -0.00124. The average Bonchev–Trinajstić information content (AvgIpc) is 2.80. The minimum absolute atomic E-state index is 0.493. The van der Waals surface area contributed by atoms with Crippen LogP contribution >= 0.6 is 0 Å². The molecule has 1 aromatic rings. The second-order valence-electron chi connectivity index (χ2n) is 7.05. The van der Waals surface area contributed by atoms with Crippen molar-refractivity contribution in [3.8, 4) is 6.07 Å². The Morgan fingerprint density at radius 3 is 2.03 bits per heavy atom. The molecular weight excluding hydrogens is 412 g/mol. The van der Waals surface area contributed by atoms with Crippen LogP contribution in [0.3, 0.4) is 0 Å². The van der Waals surface area contributed by atoms with E-state index in [1.54, 1.807) is 7.05 Å². The number of likely N-dealkylation sites (N-methyl/N-ethyl adjacent to an activating group) is 1.